The van der Waals surface area contributed by atoms with Gasteiger partial charge in [-0.3, -0.25) is 10.1 Å². The highest BCUT2D eigenvalue weighted by molar-refractivity contribution is 4.97. The summed E-state index contributed by atoms with van der Waals surface area (Å²) in [7, 11) is 3.10. The minimum Gasteiger partial charge on any atom is -0.381 e. The molecule has 1 aliphatic heterocycles. The van der Waals surface area contributed by atoms with Gasteiger partial charge in [0.15, 0.2) is 0 Å². The summed E-state index contributed by atoms with van der Waals surface area (Å²) >= 11 is 0. The van der Waals surface area contributed by atoms with Gasteiger partial charge in [0, 0.05) is 33.2 Å². The van der Waals surface area contributed by atoms with Crippen molar-refractivity contribution in [3.8, 4) is 0 Å². The number of ether oxygens (including phenoxy) is 1. The quantitative estimate of drug-likeness (QED) is 0.426. The molecule has 7 heteroatoms. The van der Waals surface area contributed by atoms with Gasteiger partial charge in [-0.15, -0.1) is 4.39 Å². The van der Waals surface area contributed by atoms with E-state index >= 15 is 0 Å². The Morgan fingerprint density at radius 2 is 2.38 bits per heavy atom. The van der Waals surface area contributed by atoms with Crippen LogP contribution in [0.4, 0.5) is 4.39 Å². The fraction of sp³-hybridized carbons (Fsp3) is 0.778. The molecule has 0 spiro atoms. The second-order valence-electron chi connectivity index (χ2n) is 3.90. The van der Waals surface area contributed by atoms with Gasteiger partial charge in [-0.05, 0) is 6.42 Å². The number of hydrogen-bond acceptors (Lipinski definition) is 5. The van der Waals surface area contributed by atoms with E-state index in [0.29, 0.717) is 19.8 Å². The Balaban J connectivity index is 2.57. The molecule has 0 radical (unpaired) electrons. The molecule has 0 aromatic heterocycles. The summed E-state index contributed by atoms with van der Waals surface area (Å²) in [5, 5.41) is 13.1. The van der Waals surface area contributed by atoms with Crippen LogP contribution < -0.4 is 5.32 Å². The Morgan fingerprint density at radius 1 is 1.69 bits per heavy atom. The van der Waals surface area contributed by atoms with Gasteiger partial charge in [-0.25, -0.2) is 0 Å². The Hall–Kier alpha value is -1.37. The van der Waals surface area contributed by atoms with Crippen molar-refractivity contribution in [2.45, 2.75) is 6.42 Å². The zero-order chi connectivity index (χ0) is 12.1. The van der Waals surface area contributed by atoms with E-state index in [0.717, 1.165) is 6.42 Å². The van der Waals surface area contributed by atoms with Gasteiger partial charge in [0.05, 0.1) is 11.5 Å². The van der Waals surface area contributed by atoms with Crippen molar-refractivity contribution < 1.29 is 14.1 Å². The molecule has 0 aliphatic carbocycles. The third-order valence-corrected chi connectivity index (χ3v) is 2.39. The minimum atomic E-state index is -1.36. The Morgan fingerprint density at radius 3 is 2.81 bits per heavy atom. The predicted molar refractivity (Wildman–Crippen MR) is 55.7 cm³/mol. The van der Waals surface area contributed by atoms with E-state index in [-0.39, 0.29) is 11.7 Å². The van der Waals surface area contributed by atoms with E-state index in [9.17, 15) is 14.5 Å². The lowest BCUT2D eigenvalue weighted by Crippen LogP contribution is -2.32. The van der Waals surface area contributed by atoms with Crippen LogP contribution in [0.1, 0.15) is 6.42 Å². The molecule has 0 aromatic carbocycles. The van der Waals surface area contributed by atoms with Crippen molar-refractivity contribution >= 4 is 0 Å². The van der Waals surface area contributed by atoms with Crippen molar-refractivity contribution in [1.29, 1.82) is 0 Å². The molecule has 6 nitrogen and oxygen atoms in total. The van der Waals surface area contributed by atoms with Gasteiger partial charge in [-0.1, -0.05) is 0 Å². The Labute approximate surface area is 93.2 Å². The second-order valence-corrected chi connectivity index (χ2v) is 3.90. The largest absolute Gasteiger partial charge is 0.460 e. The van der Waals surface area contributed by atoms with Gasteiger partial charge in [0.1, 0.15) is 0 Å². The summed E-state index contributed by atoms with van der Waals surface area (Å²) in [4.78, 5) is 10.6. The average Bonchev–Trinajstić information content (AvgIpc) is 2.69. The number of halogens is 1. The minimum absolute atomic E-state index is 0.100. The molecule has 0 aromatic rings. The lowest BCUT2D eigenvalue weighted by Gasteiger charge is -2.18. The molecule has 0 bridgehead atoms. The molecule has 1 aliphatic rings. The number of nitrogens with zero attached hydrogens (tertiary/aromatic N) is 2. The highest BCUT2D eigenvalue weighted by Crippen LogP contribution is 2.13. The van der Waals surface area contributed by atoms with E-state index < -0.39 is 10.9 Å². The predicted octanol–water partition coefficient (Wildman–Crippen LogP) is 0.547. The molecule has 1 rings (SSSR count). The summed E-state index contributed by atoms with van der Waals surface area (Å²) in [5.74, 6) is -1.17. The maximum absolute atomic E-state index is 13.2. The third-order valence-electron chi connectivity index (χ3n) is 2.39. The molecule has 92 valence electrons. The smallest absolute Gasteiger partial charge is 0.381 e. The first-order valence-electron chi connectivity index (χ1n) is 5.05. The van der Waals surface area contributed by atoms with Gasteiger partial charge < -0.3 is 15.0 Å². The molecule has 1 saturated heterocycles. The van der Waals surface area contributed by atoms with Crippen molar-refractivity contribution in [2.24, 2.45) is 5.92 Å². The Bertz CT molecular complexity index is 288. The van der Waals surface area contributed by atoms with Crippen molar-refractivity contribution in [1.82, 2.24) is 10.2 Å². The van der Waals surface area contributed by atoms with Crippen LogP contribution in [0.25, 0.3) is 0 Å². The third kappa shape index (κ3) is 3.34. The molecule has 1 unspecified atom stereocenters. The van der Waals surface area contributed by atoms with Crippen molar-refractivity contribution in [3.05, 3.63) is 21.9 Å². The maximum atomic E-state index is 13.2. The van der Waals surface area contributed by atoms with Gasteiger partial charge in [0.25, 0.3) is 0 Å². The van der Waals surface area contributed by atoms with E-state index in [4.69, 9.17) is 4.74 Å². The second kappa shape index (κ2) is 5.64. The SMILES string of the molecule is CN(C)C(NCC1CCOC1)=C(F)[N+](=O)[O-]. The zero-order valence-corrected chi connectivity index (χ0v) is 9.40. The first-order chi connectivity index (χ1) is 7.52. The fourth-order valence-corrected chi connectivity index (χ4v) is 1.49. The van der Waals surface area contributed by atoms with E-state index in [1.807, 2.05) is 0 Å². The lowest BCUT2D eigenvalue weighted by atomic mass is 10.1. The lowest BCUT2D eigenvalue weighted by molar-refractivity contribution is -0.449. The van der Waals surface area contributed by atoms with Crippen LogP contribution in [-0.2, 0) is 4.74 Å². The molecule has 16 heavy (non-hydrogen) atoms. The first kappa shape index (κ1) is 12.7. The number of nitro groups is 1. The molecule has 0 amide bonds. The fourth-order valence-electron chi connectivity index (χ4n) is 1.49. The van der Waals surface area contributed by atoms with Crippen LogP contribution in [0.5, 0.6) is 0 Å². The van der Waals surface area contributed by atoms with Crippen LogP contribution in [0.3, 0.4) is 0 Å². The van der Waals surface area contributed by atoms with Crippen LogP contribution in [0, 0.1) is 16.0 Å². The van der Waals surface area contributed by atoms with Crippen LogP contribution >= 0.6 is 0 Å². The van der Waals surface area contributed by atoms with E-state index in [1.54, 1.807) is 14.1 Å². The average molecular weight is 233 g/mol. The van der Waals surface area contributed by atoms with Crippen molar-refractivity contribution in [2.75, 3.05) is 33.9 Å². The molecule has 1 fully saturated rings. The monoisotopic (exact) mass is 233 g/mol. The normalized spacial score (nSPS) is 21.6. The first-order valence-corrected chi connectivity index (χ1v) is 5.05. The Kier molecular flexibility index (Phi) is 4.48. The highest BCUT2D eigenvalue weighted by Gasteiger charge is 2.22. The van der Waals surface area contributed by atoms with Crippen LogP contribution in [0.15, 0.2) is 11.8 Å². The summed E-state index contributed by atoms with van der Waals surface area (Å²) in [6.45, 7) is 1.80. The van der Waals surface area contributed by atoms with Gasteiger partial charge >= 0.3 is 5.95 Å². The van der Waals surface area contributed by atoms with Crippen molar-refractivity contribution in [3.63, 3.8) is 0 Å². The molecule has 1 atom stereocenters. The summed E-state index contributed by atoms with van der Waals surface area (Å²) in [5.41, 5.74) is 0. The van der Waals surface area contributed by atoms with E-state index in [1.165, 1.54) is 4.90 Å². The maximum Gasteiger partial charge on any atom is 0.460 e. The molecule has 1 N–H and O–H groups in total. The van der Waals surface area contributed by atoms with Crippen LogP contribution in [0.2, 0.25) is 0 Å². The summed E-state index contributed by atoms with van der Waals surface area (Å²) in [6.07, 6.45) is 0.897. The number of rotatable bonds is 5. The topological polar surface area (TPSA) is 67.6 Å². The van der Waals surface area contributed by atoms with Crippen LogP contribution in [-0.4, -0.2) is 43.7 Å². The summed E-state index contributed by atoms with van der Waals surface area (Å²) in [6, 6.07) is 0. The molecule has 1 heterocycles. The van der Waals surface area contributed by atoms with Gasteiger partial charge in [0.2, 0.25) is 5.82 Å². The standard InChI is InChI=1S/C9H16FN3O3/c1-12(2)9(8(10)13(14)15)11-5-7-3-4-16-6-7/h7,11H,3-6H2,1-2H3. The summed E-state index contributed by atoms with van der Waals surface area (Å²) < 4.78 is 18.3. The van der Waals surface area contributed by atoms with E-state index in [2.05, 4.69) is 5.32 Å². The number of nitrogens with one attached hydrogen (secondary N) is 1. The molecular weight excluding hydrogens is 217 g/mol. The van der Waals surface area contributed by atoms with Gasteiger partial charge in [-0.2, -0.15) is 0 Å². The zero-order valence-electron chi connectivity index (χ0n) is 9.40. The molecule has 0 saturated carbocycles. The molecular formula is C9H16FN3O3. The number of hydrogen-bond donors (Lipinski definition) is 1. The highest BCUT2D eigenvalue weighted by atomic mass is 19.1.